The lowest BCUT2D eigenvalue weighted by atomic mass is 10.2. The van der Waals surface area contributed by atoms with Crippen molar-refractivity contribution in [1.29, 1.82) is 0 Å². The Balaban J connectivity index is 1.93. The maximum absolute atomic E-state index is 10.7. The van der Waals surface area contributed by atoms with Gasteiger partial charge in [0, 0.05) is 5.39 Å². The molecule has 0 spiro atoms. The third-order valence-corrected chi connectivity index (χ3v) is 2.76. The van der Waals surface area contributed by atoms with Crippen LogP contribution in [0, 0.1) is 0 Å². The molecule has 0 bridgehead atoms. The number of hydrogen-bond donors (Lipinski definition) is 1. The van der Waals surface area contributed by atoms with E-state index in [0.29, 0.717) is 12.3 Å². The summed E-state index contributed by atoms with van der Waals surface area (Å²) in [4.78, 5) is 10.7. The molecule has 0 amide bonds. The van der Waals surface area contributed by atoms with Crippen LogP contribution in [0.4, 0.5) is 0 Å². The third kappa shape index (κ3) is 1.75. The molecule has 0 atom stereocenters. The summed E-state index contributed by atoms with van der Waals surface area (Å²) in [6.45, 7) is 0.417. The summed E-state index contributed by atoms with van der Waals surface area (Å²) in [7, 11) is 0. The van der Waals surface area contributed by atoms with Crippen molar-refractivity contribution in [3.05, 3.63) is 54.1 Å². The van der Waals surface area contributed by atoms with E-state index in [0.717, 1.165) is 10.9 Å². The minimum atomic E-state index is -0.990. The number of aromatic nitrogens is 2. The zero-order chi connectivity index (χ0) is 12.5. The molecule has 0 aliphatic carbocycles. The molecule has 0 aliphatic rings. The monoisotopic (exact) mass is 242 g/mol. The first-order valence-corrected chi connectivity index (χ1v) is 5.45. The minimum absolute atomic E-state index is 0.154. The molecule has 0 saturated heterocycles. The molecule has 0 aliphatic heterocycles. The lowest BCUT2D eigenvalue weighted by Crippen LogP contribution is -2.00. The van der Waals surface area contributed by atoms with Gasteiger partial charge in [-0.05, 0) is 12.1 Å². The van der Waals surface area contributed by atoms with Crippen molar-refractivity contribution >= 4 is 16.9 Å². The fraction of sp³-hybridized carbons (Fsp3) is 0.0769. The van der Waals surface area contributed by atoms with Crippen molar-refractivity contribution in [3.63, 3.8) is 0 Å². The Labute approximate surface area is 102 Å². The van der Waals surface area contributed by atoms with Crippen LogP contribution >= 0.6 is 0 Å². The summed E-state index contributed by atoms with van der Waals surface area (Å²) < 4.78 is 6.98. The van der Waals surface area contributed by atoms with Crippen molar-refractivity contribution in [3.8, 4) is 0 Å². The molecule has 0 unspecified atom stereocenters. The lowest BCUT2D eigenvalue weighted by molar-refractivity contribution is 0.0696. The molecule has 1 aromatic carbocycles. The molecule has 2 heterocycles. The fourth-order valence-corrected chi connectivity index (χ4v) is 1.88. The first-order valence-electron chi connectivity index (χ1n) is 5.45. The number of hydrogen-bond acceptors (Lipinski definition) is 3. The van der Waals surface area contributed by atoms with Crippen LogP contribution in [0.5, 0.6) is 0 Å². The van der Waals surface area contributed by atoms with Gasteiger partial charge in [-0.25, -0.2) is 4.79 Å². The van der Waals surface area contributed by atoms with Gasteiger partial charge in [-0.1, -0.05) is 18.2 Å². The number of carbonyl (C=O) groups is 1. The van der Waals surface area contributed by atoms with Crippen molar-refractivity contribution in [2.75, 3.05) is 0 Å². The van der Waals surface area contributed by atoms with Crippen LogP contribution in [0.1, 0.15) is 16.1 Å². The van der Waals surface area contributed by atoms with Crippen molar-refractivity contribution in [1.82, 2.24) is 9.78 Å². The summed E-state index contributed by atoms with van der Waals surface area (Å²) in [5.74, 6) is -0.420. The van der Waals surface area contributed by atoms with Gasteiger partial charge in [0.25, 0.3) is 0 Å². The molecule has 90 valence electrons. The van der Waals surface area contributed by atoms with Crippen LogP contribution in [0.2, 0.25) is 0 Å². The Hall–Kier alpha value is -2.56. The van der Waals surface area contributed by atoms with E-state index < -0.39 is 5.97 Å². The molecule has 1 N–H and O–H groups in total. The number of carboxylic acids is 1. The predicted octanol–water partition coefficient (Wildman–Crippen LogP) is 2.38. The number of benzene rings is 1. The molecule has 0 radical (unpaired) electrons. The highest BCUT2D eigenvalue weighted by molar-refractivity contribution is 5.87. The van der Waals surface area contributed by atoms with Crippen molar-refractivity contribution < 1.29 is 14.3 Å². The average Bonchev–Trinajstić information content (AvgIpc) is 2.98. The van der Waals surface area contributed by atoms with E-state index in [1.165, 1.54) is 12.3 Å². The number of fused-ring (bicyclic) bond motifs is 1. The molecular formula is C13H10N2O3. The van der Waals surface area contributed by atoms with Crippen molar-refractivity contribution in [2.24, 2.45) is 0 Å². The second kappa shape index (κ2) is 4.03. The summed E-state index contributed by atoms with van der Waals surface area (Å²) >= 11 is 0. The Morgan fingerprint density at radius 2 is 2.22 bits per heavy atom. The highest BCUT2D eigenvalue weighted by atomic mass is 16.4. The van der Waals surface area contributed by atoms with Gasteiger partial charge in [-0.3, -0.25) is 4.68 Å². The van der Waals surface area contributed by atoms with Gasteiger partial charge in [0.05, 0.1) is 23.8 Å². The summed E-state index contributed by atoms with van der Waals surface area (Å²) in [5, 5.41) is 14.1. The Kier molecular flexibility index (Phi) is 2.37. The Bertz CT molecular complexity index is 712. The topological polar surface area (TPSA) is 68.3 Å². The molecule has 5 nitrogen and oxygen atoms in total. The van der Waals surface area contributed by atoms with E-state index in [1.54, 1.807) is 10.9 Å². The van der Waals surface area contributed by atoms with Crippen molar-refractivity contribution in [2.45, 2.75) is 6.54 Å². The van der Waals surface area contributed by atoms with Gasteiger partial charge in [0.15, 0.2) is 0 Å². The Morgan fingerprint density at radius 3 is 3.00 bits per heavy atom. The quantitative estimate of drug-likeness (QED) is 0.765. The summed E-state index contributed by atoms with van der Waals surface area (Å²) in [5.41, 5.74) is 1.15. The normalized spacial score (nSPS) is 10.9. The summed E-state index contributed by atoms with van der Waals surface area (Å²) in [6, 6.07) is 9.33. The molecular weight excluding hydrogens is 232 g/mol. The fourth-order valence-electron chi connectivity index (χ4n) is 1.88. The third-order valence-electron chi connectivity index (χ3n) is 2.76. The predicted molar refractivity (Wildman–Crippen MR) is 64.5 cm³/mol. The SMILES string of the molecule is O=C(O)c1coc(Cn2ncc3ccccc32)c1. The number of nitrogens with zero attached hydrogens (tertiary/aromatic N) is 2. The van der Waals surface area contributed by atoms with E-state index in [1.807, 2.05) is 24.3 Å². The van der Waals surface area contributed by atoms with E-state index >= 15 is 0 Å². The maximum Gasteiger partial charge on any atom is 0.338 e. The van der Waals surface area contributed by atoms with E-state index in [4.69, 9.17) is 9.52 Å². The van der Waals surface area contributed by atoms with Crippen LogP contribution in [-0.4, -0.2) is 20.9 Å². The van der Waals surface area contributed by atoms with Crippen LogP contribution in [-0.2, 0) is 6.54 Å². The largest absolute Gasteiger partial charge is 0.478 e. The highest BCUT2D eigenvalue weighted by Gasteiger charge is 2.10. The zero-order valence-corrected chi connectivity index (χ0v) is 9.41. The van der Waals surface area contributed by atoms with Gasteiger partial charge in [-0.15, -0.1) is 0 Å². The van der Waals surface area contributed by atoms with Gasteiger partial charge in [0.2, 0.25) is 0 Å². The van der Waals surface area contributed by atoms with Gasteiger partial charge in [0.1, 0.15) is 12.0 Å². The molecule has 2 aromatic heterocycles. The maximum atomic E-state index is 10.7. The molecule has 0 saturated carbocycles. The Morgan fingerprint density at radius 1 is 1.39 bits per heavy atom. The van der Waals surface area contributed by atoms with Gasteiger partial charge < -0.3 is 9.52 Å². The van der Waals surface area contributed by atoms with Gasteiger partial charge >= 0.3 is 5.97 Å². The second-order valence-corrected chi connectivity index (χ2v) is 3.97. The zero-order valence-electron chi connectivity index (χ0n) is 9.41. The number of para-hydroxylation sites is 1. The summed E-state index contributed by atoms with van der Waals surface area (Å²) in [6.07, 6.45) is 3.01. The first kappa shape index (κ1) is 10.6. The second-order valence-electron chi connectivity index (χ2n) is 3.97. The van der Waals surface area contributed by atoms with Crippen LogP contribution in [0.25, 0.3) is 10.9 Å². The lowest BCUT2D eigenvalue weighted by Gasteiger charge is -1.99. The number of rotatable bonds is 3. The number of furan rings is 1. The molecule has 0 fully saturated rings. The molecule has 3 aromatic rings. The minimum Gasteiger partial charge on any atom is -0.478 e. The number of aromatic carboxylic acids is 1. The molecule has 18 heavy (non-hydrogen) atoms. The number of carboxylic acid groups (broad SMARTS) is 1. The standard InChI is InChI=1S/C13H10N2O3/c16-13(17)10-5-11(18-8-10)7-15-12-4-2-1-3-9(12)6-14-15/h1-6,8H,7H2,(H,16,17). The highest BCUT2D eigenvalue weighted by Crippen LogP contribution is 2.15. The van der Waals surface area contributed by atoms with E-state index in [2.05, 4.69) is 5.10 Å². The van der Waals surface area contributed by atoms with Crippen LogP contribution in [0.15, 0.2) is 47.2 Å². The van der Waals surface area contributed by atoms with E-state index in [9.17, 15) is 4.79 Å². The van der Waals surface area contributed by atoms with E-state index in [-0.39, 0.29) is 5.56 Å². The van der Waals surface area contributed by atoms with Gasteiger partial charge in [-0.2, -0.15) is 5.10 Å². The first-order chi connectivity index (χ1) is 8.74. The molecule has 5 heteroatoms. The molecule has 3 rings (SSSR count). The van der Waals surface area contributed by atoms with Crippen LogP contribution < -0.4 is 0 Å². The average molecular weight is 242 g/mol. The smallest absolute Gasteiger partial charge is 0.338 e. The van der Waals surface area contributed by atoms with Crippen LogP contribution in [0.3, 0.4) is 0 Å².